The van der Waals surface area contributed by atoms with Crippen LogP contribution in [-0.4, -0.2) is 31.1 Å². The van der Waals surface area contributed by atoms with Gasteiger partial charge in [-0.25, -0.2) is 9.59 Å². The Labute approximate surface area is 136 Å². The Morgan fingerprint density at radius 2 is 1.50 bits per heavy atom. The van der Waals surface area contributed by atoms with E-state index in [0.29, 0.717) is 0 Å². The van der Waals surface area contributed by atoms with Crippen molar-refractivity contribution < 1.29 is 28.7 Å². The molecule has 0 fully saturated rings. The van der Waals surface area contributed by atoms with Crippen molar-refractivity contribution in [1.82, 2.24) is 0 Å². The summed E-state index contributed by atoms with van der Waals surface area (Å²) in [5.41, 5.74) is -0.274. The van der Waals surface area contributed by atoms with Crippen molar-refractivity contribution in [2.75, 3.05) is 14.2 Å². The summed E-state index contributed by atoms with van der Waals surface area (Å²) >= 11 is 0. The number of benzene rings is 2. The topological polar surface area (TPSA) is 105 Å². The predicted octanol–water partition coefficient (Wildman–Crippen LogP) is 2.96. The van der Waals surface area contributed by atoms with Crippen molar-refractivity contribution >= 4 is 17.6 Å². The Bertz CT molecular complexity index is 801. The van der Waals surface area contributed by atoms with Gasteiger partial charge in [0.1, 0.15) is 22.6 Å². The van der Waals surface area contributed by atoms with E-state index in [1.807, 2.05) is 0 Å². The maximum atomic E-state index is 11.9. The summed E-state index contributed by atoms with van der Waals surface area (Å²) in [6.45, 7) is 0. The molecule has 0 unspecified atom stereocenters. The first kappa shape index (κ1) is 16.9. The highest BCUT2D eigenvalue weighted by Crippen LogP contribution is 2.31. The molecule has 0 aromatic heterocycles. The van der Waals surface area contributed by atoms with Gasteiger partial charge in [-0.1, -0.05) is 12.1 Å². The van der Waals surface area contributed by atoms with Crippen LogP contribution < -0.4 is 4.74 Å². The number of nitro groups is 1. The molecule has 24 heavy (non-hydrogen) atoms. The van der Waals surface area contributed by atoms with Crippen LogP contribution in [0.2, 0.25) is 0 Å². The number of para-hydroxylation sites is 1. The van der Waals surface area contributed by atoms with E-state index in [-0.39, 0.29) is 28.3 Å². The summed E-state index contributed by atoms with van der Waals surface area (Å²) in [5.74, 6) is -1.26. The summed E-state index contributed by atoms with van der Waals surface area (Å²) in [4.78, 5) is 33.8. The number of hydrogen-bond donors (Lipinski definition) is 0. The van der Waals surface area contributed by atoms with Crippen molar-refractivity contribution in [2.45, 2.75) is 0 Å². The third-order valence-corrected chi connectivity index (χ3v) is 3.09. The van der Waals surface area contributed by atoms with Gasteiger partial charge in [0.2, 0.25) is 0 Å². The van der Waals surface area contributed by atoms with E-state index in [1.165, 1.54) is 31.4 Å². The fourth-order valence-electron chi connectivity index (χ4n) is 1.94. The maximum Gasteiger partial charge on any atom is 0.341 e. The molecular weight excluding hydrogens is 318 g/mol. The predicted molar refractivity (Wildman–Crippen MR) is 82.3 cm³/mol. The molecule has 0 aliphatic carbocycles. The van der Waals surface area contributed by atoms with Crippen LogP contribution in [0.1, 0.15) is 20.7 Å². The number of carbonyl (C=O) groups is 2. The first-order valence-electron chi connectivity index (χ1n) is 6.70. The summed E-state index contributed by atoms with van der Waals surface area (Å²) < 4.78 is 14.9. The van der Waals surface area contributed by atoms with E-state index in [4.69, 9.17) is 4.74 Å². The largest absolute Gasteiger partial charge is 0.465 e. The Kier molecular flexibility index (Phi) is 5.10. The van der Waals surface area contributed by atoms with Gasteiger partial charge in [-0.3, -0.25) is 10.1 Å². The minimum Gasteiger partial charge on any atom is -0.465 e. The van der Waals surface area contributed by atoms with Crippen LogP contribution in [0.3, 0.4) is 0 Å². The third kappa shape index (κ3) is 3.49. The molecule has 2 aromatic carbocycles. The van der Waals surface area contributed by atoms with Crippen LogP contribution in [0.4, 0.5) is 5.69 Å². The monoisotopic (exact) mass is 331 g/mol. The summed E-state index contributed by atoms with van der Waals surface area (Å²) in [6, 6.07) is 9.74. The van der Waals surface area contributed by atoms with Gasteiger partial charge < -0.3 is 14.2 Å². The van der Waals surface area contributed by atoms with Gasteiger partial charge in [-0.15, -0.1) is 0 Å². The molecule has 2 aromatic rings. The lowest BCUT2D eigenvalue weighted by atomic mass is 10.1. The molecule has 8 nitrogen and oxygen atoms in total. The van der Waals surface area contributed by atoms with Crippen molar-refractivity contribution in [3.05, 3.63) is 63.7 Å². The van der Waals surface area contributed by atoms with E-state index >= 15 is 0 Å². The fourth-order valence-corrected chi connectivity index (χ4v) is 1.94. The molecule has 0 aliphatic rings. The number of rotatable bonds is 5. The van der Waals surface area contributed by atoms with Gasteiger partial charge in [-0.05, 0) is 18.2 Å². The first-order chi connectivity index (χ1) is 11.5. The zero-order chi connectivity index (χ0) is 17.7. The third-order valence-electron chi connectivity index (χ3n) is 3.09. The van der Waals surface area contributed by atoms with Crippen LogP contribution in [0.5, 0.6) is 11.5 Å². The number of nitrogens with zero attached hydrogens (tertiary/aromatic N) is 1. The lowest BCUT2D eigenvalue weighted by Gasteiger charge is -2.12. The molecule has 0 heterocycles. The number of nitro benzene ring substituents is 1. The molecule has 124 valence electrons. The summed E-state index contributed by atoms with van der Waals surface area (Å²) in [6.07, 6.45) is 0. The average Bonchev–Trinajstić information content (AvgIpc) is 2.61. The zero-order valence-electron chi connectivity index (χ0n) is 12.8. The number of carbonyl (C=O) groups excluding carboxylic acids is 2. The molecular formula is C16H13NO7. The Balaban J connectivity index is 2.49. The molecule has 0 radical (unpaired) electrons. The molecule has 8 heteroatoms. The van der Waals surface area contributed by atoms with Crippen LogP contribution >= 0.6 is 0 Å². The maximum absolute atomic E-state index is 11.9. The second-order valence-electron chi connectivity index (χ2n) is 4.52. The number of ether oxygens (including phenoxy) is 3. The lowest BCUT2D eigenvalue weighted by Crippen LogP contribution is -2.07. The van der Waals surface area contributed by atoms with E-state index < -0.39 is 16.9 Å². The van der Waals surface area contributed by atoms with E-state index in [2.05, 4.69) is 9.47 Å². The minimum absolute atomic E-state index is 0.0174. The number of non-ortho nitro benzene ring substituents is 1. The standard InChI is InChI=1S/C16H13NO7/c1-22-15(18)11-5-3-4-6-13(11)24-14-8-7-10(17(20)21)9-12(14)16(19)23-2/h3-9H,1-2H3. The minimum atomic E-state index is -0.802. The molecule has 0 spiro atoms. The van der Waals surface area contributed by atoms with Crippen LogP contribution in [-0.2, 0) is 9.47 Å². The second kappa shape index (κ2) is 7.23. The Hall–Kier alpha value is -3.42. The SMILES string of the molecule is COC(=O)c1ccccc1Oc1ccc([N+](=O)[O-])cc1C(=O)OC. The smallest absolute Gasteiger partial charge is 0.341 e. The summed E-state index contributed by atoms with van der Waals surface area (Å²) in [5, 5.41) is 10.9. The summed E-state index contributed by atoms with van der Waals surface area (Å²) in [7, 11) is 2.37. The fraction of sp³-hybridized carbons (Fsp3) is 0.125. The van der Waals surface area contributed by atoms with Gasteiger partial charge in [-0.2, -0.15) is 0 Å². The molecule has 0 saturated carbocycles. The molecule has 0 N–H and O–H groups in total. The van der Waals surface area contributed by atoms with Gasteiger partial charge in [0, 0.05) is 12.1 Å². The molecule has 0 saturated heterocycles. The van der Waals surface area contributed by atoms with Crippen molar-refractivity contribution in [3.8, 4) is 11.5 Å². The highest BCUT2D eigenvalue weighted by Gasteiger charge is 2.21. The molecule has 0 atom stereocenters. The zero-order valence-corrected chi connectivity index (χ0v) is 12.8. The van der Waals surface area contributed by atoms with E-state index in [0.717, 1.165) is 13.2 Å². The van der Waals surface area contributed by atoms with Crippen LogP contribution in [0, 0.1) is 10.1 Å². The van der Waals surface area contributed by atoms with Crippen LogP contribution in [0.25, 0.3) is 0 Å². The van der Waals surface area contributed by atoms with Crippen molar-refractivity contribution in [1.29, 1.82) is 0 Å². The second-order valence-corrected chi connectivity index (χ2v) is 4.52. The van der Waals surface area contributed by atoms with Crippen molar-refractivity contribution in [3.63, 3.8) is 0 Å². The first-order valence-corrected chi connectivity index (χ1v) is 6.70. The van der Waals surface area contributed by atoms with Gasteiger partial charge in [0.05, 0.1) is 19.1 Å². The number of methoxy groups -OCH3 is 2. The highest BCUT2D eigenvalue weighted by molar-refractivity contribution is 5.94. The van der Waals surface area contributed by atoms with Gasteiger partial charge in [0.15, 0.2) is 0 Å². The van der Waals surface area contributed by atoms with E-state index in [9.17, 15) is 19.7 Å². The molecule has 0 aliphatic heterocycles. The normalized spacial score (nSPS) is 9.92. The number of hydrogen-bond acceptors (Lipinski definition) is 7. The van der Waals surface area contributed by atoms with E-state index in [1.54, 1.807) is 12.1 Å². The molecule has 0 bridgehead atoms. The Morgan fingerprint density at radius 3 is 2.12 bits per heavy atom. The Morgan fingerprint density at radius 1 is 0.917 bits per heavy atom. The quantitative estimate of drug-likeness (QED) is 0.471. The van der Waals surface area contributed by atoms with Crippen molar-refractivity contribution in [2.24, 2.45) is 0 Å². The molecule has 0 amide bonds. The van der Waals surface area contributed by atoms with Gasteiger partial charge >= 0.3 is 11.9 Å². The van der Waals surface area contributed by atoms with Crippen LogP contribution in [0.15, 0.2) is 42.5 Å². The number of esters is 2. The van der Waals surface area contributed by atoms with Gasteiger partial charge in [0.25, 0.3) is 5.69 Å². The average molecular weight is 331 g/mol. The molecule has 2 rings (SSSR count). The lowest BCUT2D eigenvalue weighted by molar-refractivity contribution is -0.384. The highest BCUT2D eigenvalue weighted by atomic mass is 16.6.